The zero-order chi connectivity index (χ0) is 17.5. The van der Waals surface area contributed by atoms with Crippen LogP contribution >= 0.6 is 11.6 Å². The van der Waals surface area contributed by atoms with Gasteiger partial charge in [0.1, 0.15) is 11.5 Å². The van der Waals surface area contributed by atoms with Gasteiger partial charge in [0.2, 0.25) is 0 Å². The van der Waals surface area contributed by atoms with Crippen molar-refractivity contribution in [2.24, 2.45) is 0 Å². The number of carbonyl (C=O) groups is 1. The van der Waals surface area contributed by atoms with Crippen LogP contribution in [0.4, 0.5) is 11.4 Å². The van der Waals surface area contributed by atoms with Gasteiger partial charge < -0.3 is 15.2 Å². The molecule has 0 bridgehead atoms. The minimum absolute atomic E-state index is 0.0471. The highest BCUT2D eigenvalue weighted by molar-refractivity contribution is 7.92. The summed E-state index contributed by atoms with van der Waals surface area (Å²) in [6.45, 7) is 1.59. The van der Waals surface area contributed by atoms with Crippen LogP contribution in [0.1, 0.15) is 6.92 Å². The summed E-state index contributed by atoms with van der Waals surface area (Å²) in [7, 11) is -3.99. The summed E-state index contributed by atoms with van der Waals surface area (Å²) in [5.41, 5.74) is 0.213. The summed E-state index contributed by atoms with van der Waals surface area (Å²) in [5.74, 6) is -0.240. The Morgan fingerprint density at radius 2 is 2.00 bits per heavy atom. The Balaban J connectivity index is 1.95. The molecule has 24 heavy (non-hydrogen) atoms. The average molecular weight is 369 g/mol. The van der Waals surface area contributed by atoms with Gasteiger partial charge in [0, 0.05) is 5.02 Å². The van der Waals surface area contributed by atoms with Gasteiger partial charge >= 0.3 is 0 Å². The summed E-state index contributed by atoms with van der Waals surface area (Å²) in [5, 5.41) is 12.6. The first kappa shape index (κ1) is 16.4. The van der Waals surface area contributed by atoms with Crippen LogP contribution < -0.4 is 14.8 Å². The van der Waals surface area contributed by atoms with Gasteiger partial charge in [0.05, 0.1) is 16.3 Å². The molecule has 0 radical (unpaired) electrons. The predicted molar refractivity (Wildman–Crippen MR) is 89.1 cm³/mol. The number of hydrogen-bond acceptors (Lipinski definition) is 5. The fraction of sp³-hybridized carbons (Fsp3) is 0.133. The minimum atomic E-state index is -3.99. The van der Waals surface area contributed by atoms with E-state index < -0.39 is 16.1 Å². The normalized spacial score (nSPS) is 16.8. The van der Waals surface area contributed by atoms with Crippen LogP contribution in [-0.2, 0) is 14.8 Å². The topological polar surface area (TPSA) is 105 Å². The Kier molecular flexibility index (Phi) is 4.02. The second-order valence-electron chi connectivity index (χ2n) is 5.17. The van der Waals surface area contributed by atoms with Gasteiger partial charge in [0.15, 0.2) is 6.10 Å². The first-order valence-corrected chi connectivity index (χ1v) is 8.75. The number of phenols is 1. The molecule has 1 heterocycles. The molecular weight excluding hydrogens is 356 g/mol. The Morgan fingerprint density at radius 3 is 2.75 bits per heavy atom. The molecule has 1 amide bonds. The number of anilines is 2. The van der Waals surface area contributed by atoms with Crippen molar-refractivity contribution in [3.05, 3.63) is 41.4 Å². The summed E-state index contributed by atoms with van der Waals surface area (Å²) >= 11 is 5.81. The number of fused-ring (bicyclic) bond motifs is 1. The van der Waals surface area contributed by atoms with Crippen molar-refractivity contribution in [3.63, 3.8) is 0 Å². The molecule has 0 saturated carbocycles. The largest absolute Gasteiger partial charge is 0.506 e. The van der Waals surface area contributed by atoms with E-state index >= 15 is 0 Å². The van der Waals surface area contributed by atoms with E-state index in [1.807, 2.05) is 0 Å². The standard InChI is InChI=1S/C15H13ClN2O5S/c1-8-15(20)17-12-7-10(3-5-14(12)23-8)24(21,22)18-11-6-9(16)2-4-13(11)19/h2-8,18-19H,1H3,(H,17,20). The number of phenolic OH excluding ortho intramolecular Hbond substituents is 1. The quantitative estimate of drug-likeness (QED) is 0.722. The van der Waals surface area contributed by atoms with Crippen molar-refractivity contribution in [1.82, 2.24) is 0 Å². The van der Waals surface area contributed by atoms with Gasteiger partial charge in [-0.25, -0.2) is 8.42 Å². The third-order valence-corrected chi connectivity index (χ3v) is 4.99. The van der Waals surface area contributed by atoms with Gasteiger partial charge in [-0.2, -0.15) is 0 Å². The van der Waals surface area contributed by atoms with E-state index in [2.05, 4.69) is 10.0 Å². The number of carbonyl (C=O) groups excluding carboxylic acids is 1. The highest BCUT2D eigenvalue weighted by Gasteiger charge is 2.26. The van der Waals surface area contributed by atoms with E-state index in [0.717, 1.165) is 0 Å². The maximum absolute atomic E-state index is 12.5. The Hall–Kier alpha value is -2.45. The molecule has 1 atom stereocenters. The SMILES string of the molecule is CC1Oc2ccc(S(=O)(=O)Nc3cc(Cl)ccc3O)cc2NC1=O. The van der Waals surface area contributed by atoms with Crippen LogP contribution in [-0.4, -0.2) is 25.5 Å². The summed E-state index contributed by atoms with van der Waals surface area (Å²) in [4.78, 5) is 11.5. The molecule has 0 aromatic heterocycles. The van der Waals surface area contributed by atoms with Crippen LogP contribution in [0.2, 0.25) is 5.02 Å². The van der Waals surface area contributed by atoms with E-state index in [0.29, 0.717) is 5.75 Å². The van der Waals surface area contributed by atoms with Gasteiger partial charge in [0.25, 0.3) is 15.9 Å². The average Bonchev–Trinajstić information content (AvgIpc) is 2.51. The van der Waals surface area contributed by atoms with Gasteiger partial charge in [-0.15, -0.1) is 0 Å². The lowest BCUT2D eigenvalue weighted by atomic mass is 10.2. The summed E-state index contributed by atoms with van der Waals surface area (Å²) in [6.07, 6.45) is -0.651. The molecule has 3 rings (SSSR count). The molecule has 3 N–H and O–H groups in total. The number of hydrogen-bond donors (Lipinski definition) is 3. The number of sulfonamides is 1. The van der Waals surface area contributed by atoms with Gasteiger partial charge in [-0.05, 0) is 43.3 Å². The molecule has 1 unspecified atom stereocenters. The second kappa shape index (κ2) is 5.88. The number of amides is 1. The molecular formula is C15H13ClN2O5S. The van der Waals surface area contributed by atoms with E-state index in [-0.39, 0.29) is 32.9 Å². The number of rotatable bonds is 3. The Morgan fingerprint density at radius 1 is 1.25 bits per heavy atom. The van der Waals surface area contributed by atoms with E-state index in [9.17, 15) is 18.3 Å². The zero-order valence-electron chi connectivity index (χ0n) is 12.4. The molecule has 2 aromatic carbocycles. The number of ether oxygens (including phenoxy) is 1. The lowest BCUT2D eigenvalue weighted by molar-refractivity contribution is -0.122. The smallest absolute Gasteiger partial charge is 0.265 e. The summed E-state index contributed by atoms with van der Waals surface area (Å²) in [6, 6.07) is 8.08. The number of nitrogens with one attached hydrogen (secondary N) is 2. The Labute approximate surface area is 143 Å². The lowest BCUT2D eigenvalue weighted by Crippen LogP contribution is -2.34. The first-order chi connectivity index (χ1) is 11.3. The van der Waals surface area contributed by atoms with E-state index in [4.69, 9.17) is 16.3 Å². The van der Waals surface area contributed by atoms with Crippen molar-refractivity contribution in [1.29, 1.82) is 0 Å². The molecule has 9 heteroatoms. The Bertz CT molecular complexity index is 929. The van der Waals surface area contributed by atoms with Crippen molar-refractivity contribution >= 4 is 38.9 Å². The second-order valence-corrected chi connectivity index (χ2v) is 7.29. The molecule has 126 valence electrons. The van der Waals surface area contributed by atoms with E-state index in [1.54, 1.807) is 6.92 Å². The van der Waals surface area contributed by atoms with Crippen molar-refractivity contribution in [3.8, 4) is 11.5 Å². The van der Waals surface area contributed by atoms with E-state index in [1.165, 1.54) is 36.4 Å². The van der Waals surface area contributed by atoms with Crippen LogP contribution in [0.3, 0.4) is 0 Å². The third-order valence-electron chi connectivity index (χ3n) is 3.40. The molecule has 0 fully saturated rings. The summed E-state index contributed by atoms with van der Waals surface area (Å²) < 4.78 is 32.6. The molecule has 2 aromatic rings. The highest BCUT2D eigenvalue weighted by atomic mass is 35.5. The number of halogens is 1. The van der Waals surface area contributed by atoms with Gasteiger partial charge in [-0.1, -0.05) is 11.6 Å². The third kappa shape index (κ3) is 3.10. The van der Waals surface area contributed by atoms with Crippen molar-refractivity contribution in [2.45, 2.75) is 17.9 Å². The zero-order valence-corrected chi connectivity index (χ0v) is 14.0. The monoisotopic (exact) mass is 368 g/mol. The van der Waals surface area contributed by atoms with Crippen LogP contribution in [0.15, 0.2) is 41.3 Å². The van der Waals surface area contributed by atoms with Crippen molar-refractivity contribution < 1.29 is 23.1 Å². The highest BCUT2D eigenvalue weighted by Crippen LogP contribution is 2.33. The first-order valence-electron chi connectivity index (χ1n) is 6.89. The van der Waals surface area contributed by atoms with Crippen LogP contribution in [0.5, 0.6) is 11.5 Å². The molecule has 7 nitrogen and oxygen atoms in total. The fourth-order valence-electron chi connectivity index (χ4n) is 2.15. The predicted octanol–water partition coefficient (Wildman–Crippen LogP) is 2.57. The molecule has 1 aliphatic heterocycles. The molecule has 0 spiro atoms. The minimum Gasteiger partial charge on any atom is -0.506 e. The number of aromatic hydroxyl groups is 1. The maximum Gasteiger partial charge on any atom is 0.265 e. The van der Waals surface area contributed by atoms with Crippen molar-refractivity contribution in [2.75, 3.05) is 10.0 Å². The lowest BCUT2D eigenvalue weighted by Gasteiger charge is -2.23. The molecule has 0 saturated heterocycles. The molecule has 1 aliphatic rings. The van der Waals surface area contributed by atoms with Gasteiger partial charge in [-0.3, -0.25) is 9.52 Å². The molecule has 0 aliphatic carbocycles. The van der Waals surface area contributed by atoms with Crippen LogP contribution in [0.25, 0.3) is 0 Å². The maximum atomic E-state index is 12.5. The van der Waals surface area contributed by atoms with Crippen LogP contribution in [0, 0.1) is 0 Å². The number of benzene rings is 2. The fourth-order valence-corrected chi connectivity index (χ4v) is 3.41.